The molecule has 7 heteroatoms. The zero-order valence-electron chi connectivity index (χ0n) is 15.5. The monoisotopic (exact) mass is 380 g/mol. The Morgan fingerprint density at radius 2 is 1.79 bits per heavy atom. The van der Waals surface area contributed by atoms with Crippen LogP contribution in [0.3, 0.4) is 0 Å². The first-order chi connectivity index (χ1) is 13.4. The first kappa shape index (κ1) is 19.2. The van der Waals surface area contributed by atoms with E-state index in [1.54, 1.807) is 19.1 Å². The molecule has 0 radical (unpaired) electrons. The van der Waals surface area contributed by atoms with Crippen LogP contribution in [0.5, 0.6) is 0 Å². The maximum absolute atomic E-state index is 12.1. The second-order valence-corrected chi connectivity index (χ2v) is 6.31. The molecule has 1 aromatic heterocycles. The number of fused-ring (bicyclic) bond motifs is 1. The molecule has 2 amide bonds. The number of anilines is 1. The zero-order chi connectivity index (χ0) is 20.1. The van der Waals surface area contributed by atoms with Gasteiger partial charge in [-0.3, -0.25) is 9.59 Å². The van der Waals surface area contributed by atoms with Gasteiger partial charge in [0.05, 0.1) is 11.6 Å². The van der Waals surface area contributed by atoms with Gasteiger partial charge in [0.15, 0.2) is 6.61 Å². The van der Waals surface area contributed by atoms with Crippen LogP contribution in [0.25, 0.3) is 11.0 Å². The molecule has 144 valence electrons. The van der Waals surface area contributed by atoms with E-state index in [9.17, 15) is 14.4 Å². The van der Waals surface area contributed by atoms with Gasteiger partial charge in [0, 0.05) is 18.0 Å². The molecule has 0 saturated heterocycles. The van der Waals surface area contributed by atoms with Crippen LogP contribution in [0.4, 0.5) is 5.69 Å². The average molecular weight is 380 g/mol. The Morgan fingerprint density at radius 3 is 2.46 bits per heavy atom. The normalized spacial score (nSPS) is 11.6. The van der Waals surface area contributed by atoms with Crippen molar-refractivity contribution in [1.29, 1.82) is 0 Å². The SMILES string of the molecule is CC(=O)Nc1ccc(C(=O)OCC(=O)N[C@@H](C)c2cc3ccccc3o2)cc1. The molecule has 0 aliphatic carbocycles. The second kappa shape index (κ2) is 8.39. The summed E-state index contributed by atoms with van der Waals surface area (Å²) in [7, 11) is 0. The minimum atomic E-state index is -0.624. The summed E-state index contributed by atoms with van der Waals surface area (Å²) in [5.74, 6) is -0.642. The molecule has 0 spiro atoms. The fourth-order valence-electron chi connectivity index (χ4n) is 2.68. The maximum atomic E-state index is 12.1. The van der Waals surface area contributed by atoms with Crippen molar-refractivity contribution < 1.29 is 23.5 Å². The molecule has 0 bridgehead atoms. The highest BCUT2D eigenvalue weighted by molar-refractivity contribution is 5.93. The van der Waals surface area contributed by atoms with E-state index >= 15 is 0 Å². The van der Waals surface area contributed by atoms with Crippen LogP contribution in [-0.4, -0.2) is 24.4 Å². The van der Waals surface area contributed by atoms with Crippen LogP contribution < -0.4 is 10.6 Å². The fraction of sp³-hybridized carbons (Fsp3) is 0.190. The van der Waals surface area contributed by atoms with E-state index in [2.05, 4.69) is 10.6 Å². The molecule has 7 nitrogen and oxygen atoms in total. The van der Waals surface area contributed by atoms with Gasteiger partial charge in [0.1, 0.15) is 11.3 Å². The minimum absolute atomic E-state index is 0.203. The van der Waals surface area contributed by atoms with E-state index in [4.69, 9.17) is 9.15 Å². The van der Waals surface area contributed by atoms with Gasteiger partial charge in [-0.05, 0) is 43.3 Å². The van der Waals surface area contributed by atoms with Gasteiger partial charge in [-0.2, -0.15) is 0 Å². The van der Waals surface area contributed by atoms with Crippen molar-refractivity contribution in [1.82, 2.24) is 5.32 Å². The van der Waals surface area contributed by atoms with E-state index in [1.807, 2.05) is 30.3 Å². The number of hydrogen-bond donors (Lipinski definition) is 2. The summed E-state index contributed by atoms with van der Waals surface area (Å²) < 4.78 is 10.7. The highest BCUT2D eigenvalue weighted by Gasteiger charge is 2.16. The van der Waals surface area contributed by atoms with Crippen molar-refractivity contribution in [2.24, 2.45) is 0 Å². The molecule has 3 rings (SSSR count). The lowest BCUT2D eigenvalue weighted by molar-refractivity contribution is -0.125. The summed E-state index contributed by atoms with van der Waals surface area (Å²) in [5.41, 5.74) is 1.60. The minimum Gasteiger partial charge on any atom is -0.459 e. The van der Waals surface area contributed by atoms with Crippen molar-refractivity contribution in [3.63, 3.8) is 0 Å². The van der Waals surface area contributed by atoms with Gasteiger partial charge in [-0.15, -0.1) is 0 Å². The van der Waals surface area contributed by atoms with Gasteiger partial charge in [0.2, 0.25) is 5.91 Å². The lowest BCUT2D eigenvalue weighted by atomic mass is 10.2. The number of esters is 1. The Kier molecular flexibility index (Phi) is 5.74. The molecule has 3 aromatic rings. The summed E-state index contributed by atoms with van der Waals surface area (Å²) in [5, 5.41) is 6.29. The third-order valence-corrected chi connectivity index (χ3v) is 4.02. The average Bonchev–Trinajstić information content (AvgIpc) is 3.10. The van der Waals surface area contributed by atoms with Gasteiger partial charge < -0.3 is 19.8 Å². The van der Waals surface area contributed by atoms with E-state index in [0.717, 1.165) is 11.0 Å². The van der Waals surface area contributed by atoms with Crippen LogP contribution in [0.1, 0.15) is 36.0 Å². The maximum Gasteiger partial charge on any atom is 0.338 e. The third-order valence-electron chi connectivity index (χ3n) is 4.02. The number of para-hydroxylation sites is 1. The van der Waals surface area contributed by atoms with E-state index < -0.39 is 18.5 Å². The Labute approximate surface area is 161 Å². The molecule has 0 fully saturated rings. The molecule has 0 aliphatic rings. The summed E-state index contributed by atoms with van der Waals surface area (Å²) in [6.45, 7) is 2.78. The predicted molar refractivity (Wildman–Crippen MR) is 104 cm³/mol. The number of nitrogens with one attached hydrogen (secondary N) is 2. The van der Waals surface area contributed by atoms with Crippen LogP contribution in [0.15, 0.2) is 59.0 Å². The Bertz CT molecular complexity index is 974. The number of furan rings is 1. The first-order valence-corrected chi connectivity index (χ1v) is 8.75. The quantitative estimate of drug-likeness (QED) is 0.639. The summed E-state index contributed by atoms with van der Waals surface area (Å²) in [4.78, 5) is 35.1. The van der Waals surface area contributed by atoms with Crippen molar-refractivity contribution >= 4 is 34.4 Å². The summed E-state index contributed by atoms with van der Waals surface area (Å²) in [6.07, 6.45) is 0. The number of amides is 2. The Morgan fingerprint density at radius 1 is 1.07 bits per heavy atom. The van der Waals surface area contributed by atoms with Crippen LogP contribution in [0.2, 0.25) is 0 Å². The van der Waals surface area contributed by atoms with Crippen LogP contribution >= 0.6 is 0 Å². The van der Waals surface area contributed by atoms with E-state index in [1.165, 1.54) is 19.1 Å². The molecule has 0 unspecified atom stereocenters. The Hall–Kier alpha value is -3.61. The van der Waals surface area contributed by atoms with Crippen molar-refractivity contribution in [3.8, 4) is 0 Å². The number of benzene rings is 2. The number of ether oxygens (including phenoxy) is 1. The number of hydrogen-bond acceptors (Lipinski definition) is 5. The third kappa shape index (κ3) is 4.76. The largest absolute Gasteiger partial charge is 0.459 e. The standard InChI is InChI=1S/C21H20N2O5/c1-13(19-11-16-5-3-4-6-18(16)28-19)22-20(25)12-27-21(26)15-7-9-17(10-8-15)23-14(2)24/h3-11,13H,12H2,1-2H3,(H,22,25)(H,23,24)/t13-/m0/s1. The lowest BCUT2D eigenvalue weighted by Gasteiger charge is -2.11. The summed E-state index contributed by atoms with van der Waals surface area (Å²) >= 11 is 0. The smallest absolute Gasteiger partial charge is 0.338 e. The second-order valence-electron chi connectivity index (χ2n) is 6.31. The zero-order valence-corrected chi connectivity index (χ0v) is 15.5. The van der Waals surface area contributed by atoms with Crippen molar-refractivity contribution in [2.45, 2.75) is 19.9 Å². The van der Waals surface area contributed by atoms with Gasteiger partial charge >= 0.3 is 5.97 Å². The number of carbonyl (C=O) groups excluding carboxylic acids is 3. The van der Waals surface area contributed by atoms with Gasteiger partial charge in [-0.25, -0.2) is 4.79 Å². The van der Waals surface area contributed by atoms with Crippen molar-refractivity contribution in [2.75, 3.05) is 11.9 Å². The van der Waals surface area contributed by atoms with Gasteiger partial charge in [0.25, 0.3) is 5.91 Å². The van der Waals surface area contributed by atoms with Gasteiger partial charge in [-0.1, -0.05) is 18.2 Å². The molecular weight excluding hydrogens is 360 g/mol. The molecule has 2 aromatic carbocycles. The van der Waals surface area contributed by atoms with Crippen LogP contribution in [0, 0.1) is 0 Å². The van der Waals surface area contributed by atoms with Crippen molar-refractivity contribution in [3.05, 3.63) is 65.9 Å². The Balaban J connectivity index is 1.51. The lowest BCUT2D eigenvalue weighted by Crippen LogP contribution is -2.31. The molecule has 28 heavy (non-hydrogen) atoms. The number of carbonyl (C=O) groups is 3. The highest BCUT2D eigenvalue weighted by Crippen LogP contribution is 2.23. The molecule has 2 N–H and O–H groups in total. The molecule has 1 atom stereocenters. The fourth-order valence-corrected chi connectivity index (χ4v) is 2.68. The summed E-state index contributed by atoms with van der Waals surface area (Å²) in [6, 6.07) is 15.3. The molecule has 1 heterocycles. The molecule has 0 aliphatic heterocycles. The molecular formula is C21H20N2O5. The predicted octanol–water partition coefficient (Wildman–Crippen LogP) is 3.43. The van der Waals surface area contributed by atoms with E-state index in [0.29, 0.717) is 11.4 Å². The highest BCUT2D eigenvalue weighted by atomic mass is 16.5. The number of rotatable bonds is 6. The first-order valence-electron chi connectivity index (χ1n) is 8.75. The topological polar surface area (TPSA) is 97.6 Å². The molecule has 0 saturated carbocycles. The van der Waals surface area contributed by atoms with Crippen LogP contribution in [-0.2, 0) is 14.3 Å². The van der Waals surface area contributed by atoms with E-state index in [-0.39, 0.29) is 17.5 Å².